The number of anilines is 1. The number of carbonyl (C=O) groups excluding carboxylic acids is 1. The molecule has 0 aliphatic carbocycles. The van der Waals surface area contributed by atoms with Crippen molar-refractivity contribution < 1.29 is 9.18 Å². The molecule has 2 aromatic rings. The standard InChI is InChI=1S/C13H8BrClFNOS/c14-7-1-3-9(12(19)5-7)13(18)17-11-6-8(16)2-4-10(11)15/h1-6,19H,(H,17,18). The van der Waals surface area contributed by atoms with Gasteiger partial charge in [0.1, 0.15) is 5.82 Å². The molecule has 0 saturated carbocycles. The van der Waals surface area contributed by atoms with E-state index in [2.05, 4.69) is 33.9 Å². The van der Waals surface area contributed by atoms with Crippen LogP contribution in [0.25, 0.3) is 0 Å². The van der Waals surface area contributed by atoms with Crippen LogP contribution in [-0.4, -0.2) is 5.91 Å². The van der Waals surface area contributed by atoms with E-state index in [-0.39, 0.29) is 10.7 Å². The van der Waals surface area contributed by atoms with Crippen molar-refractivity contribution in [3.8, 4) is 0 Å². The van der Waals surface area contributed by atoms with E-state index in [1.54, 1.807) is 18.2 Å². The molecule has 0 bridgehead atoms. The predicted octanol–water partition coefficient (Wildman–Crippen LogP) is 4.78. The van der Waals surface area contributed by atoms with Crippen molar-refractivity contribution in [2.45, 2.75) is 4.90 Å². The van der Waals surface area contributed by atoms with E-state index in [1.165, 1.54) is 12.1 Å². The Hall–Kier alpha value is -1.04. The van der Waals surface area contributed by atoms with Gasteiger partial charge in [0.25, 0.3) is 5.91 Å². The second-order valence-corrected chi connectivity index (χ2v) is 5.54. The van der Waals surface area contributed by atoms with Crippen LogP contribution < -0.4 is 5.32 Å². The zero-order valence-corrected chi connectivity index (χ0v) is 12.7. The van der Waals surface area contributed by atoms with Gasteiger partial charge in [0.15, 0.2) is 0 Å². The summed E-state index contributed by atoms with van der Waals surface area (Å²) in [7, 11) is 0. The topological polar surface area (TPSA) is 29.1 Å². The number of benzene rings is 2. The first-order chi connectivity index (χ1) is 8.97. The summed E-state index contributed by atoms with van der Waals surface area (Å²) in [6.45, 7) is 0. The molecule has 2 aromatic carbocycles. The molecule has 0 unspecified atom stereocenters. The third-order valence-electron chi connectivity index (χ3n) is 2.38. The van der Waals surface area contributed by atoms with Crippen LogP contribution in [0, 0.1) is 5.82 Å². The van der Waals surface area contributed by atoms with Gasteiger partial charge >= 0.3 is 0 Å². The number of carbonyl (C=O) groups is 1. The third kappa shape index (κ3) is 3.49. The van der Waals surface area contributed by atoms with Crippen LogP contribution in [0.4, 0.5) is 10.1 Å². The van der Waals surface area contributed by atoms with Gasteiger partial charge in [0.2, 0.25) is 0 Å². The van der Waals surface area contributed by atoms with Crippen molar-refractivity contribution in [2.75, 3.05) is 5.32 Å². The lowest BCUT2D eigenvalue weighted by Gasteiger charge is -2.09. The molecule has 0 atom stereocenters. The predicted molar refractivity (Wildman–Crippen MR) is 80.8 cm³/mol. The van der Waals surface area contributed by atoms with Crippen molar-refractivity contribution in [2.24, 2.45) is 0 Å². The summed E-state index contributed by atoms with van der Waals surface area (Å²) in [4.78, 5) is 12.6. The number of amides is 1. The Labute approximate surface area is 128 Å². The summed E-state index contributed by atoms with van der Waals surface area (Å²) in [5.41, 5.74) is 0.606. The lowest BCUT2D eigenvalue weighted by molar-refractivity contribution is 0.102. The number of hydrogen-bond donors (Lipinski definition) is 2. The first kappa shape index (κ1) is 14.4. The van der Waals surface area contributed by atoms with Gasteiger partial charge < -0.3 is 5.32 Å². The molecule has 0 aromatic heterocycles. The highest BCUT2D eigenvalue weighted by Gasteiger charge is 2.12. The van der Waals surface area contributed by atoms with E-state index in [0.717, 1.165) is 10.5 Å². The molecule has 0 heterocycles. The summed E-state index contributed by atoms with van der Waals surface area (Å²) >= 11 is 13.4. The normalized spacial score (nSPS) is 10.3. The minimum Gasteiger partial charge on any atom is -0.321 e. The summed E-state index contributed by atoms with van der Waals surface area (Å²) in [6, 6.07) is 8.82. The SMILES string of the molecule is O=C(Nc1cc(F)ccc1Cl)c1ccc(Br)cc1S. The zero-order valence-electron chi connectivity index (χ0n) is 9.45. The van der Waals surface area contributed by atoms with E-state index in [9.17, 15) is 9.18 Å². The Kier molecular flexibility index (Phi) is 4.50. The fraction of sp³-hybridized carbons (Fsp3) is 0. The van der Waals surface area contributed by atoms with E-state index < -0.39 is 11.7 Å². The molecule has 0 radical (unpaired) electrons. The van der Waals surface area contributed by atoms with Gasteiger partial charge in [-0.3, -0.25) is 4.79 Å². The summed E-state index contributed by atoms with van der Waals surface area (Å²) in [5.74, 6) is -0.869. The number of halogens is 3. The monoisotopic (exact) mass is 359 g/mol. The third-order valence-corrected chi connectivity index (χ3v) is 3.57. The molecule has 2 nitrogen and oxygen atoms in total. The van der Waals surface area contributed by atoms with Crippen LogP contribution in [0.5, 0.6) is 0 Å². The molecular formula is C13H8BrClFNOS. The Morgan fingerprint density at radius 1 is 1.26 bits per heavy atom. The quantitative estimate of drug-likeness (QED) is 0.741. The van der Waals surface area contributed by atoms with E-state index in [0.29, 0.717) is 10.5 Å². The van der Waals surface area contributed by atoms with Crippen LogP contribution in [0.3, 0.4) is 0 Å². The highest BCUT2D eigenvalue weighted by molar-refractivity contribution is 9.10. The minimum absolute atomic E-state index is 0.224. The molecule has 0 aliphatic rings. The lowest BCUT2D eigenvalue weighted by atomic mass is 10.2. The average Bonchev–Trinajstić information content (AvgIpc) is 2.33. The van der Waals surface area contributed by atoms with Crippen LogP contribution >= 0.6 is 40.2 Å². The second-order valence-electron chi connectivity index (χ2n) is 3.74. The van der Waals surface area contributed by atoms with Crippen LogP contribution in [0.2, 0.25) is 5.02 Å². The second kappa shape index (κ2) is 5.94. The molecule has 2 rings (SSSR count). The number of rotatable bonds is 2. The van der Waals surface area contributed by atoms with Gasteiger partial charge in [-0.25, -0.2) is 4.39 Å². The van der Waals surface area contributed by atoms with E-state index in [1.807, 2.05) is 0 Å². The van der Waals surface area contributed by atoms with Crippen LogP contribution in [-0.2, 0) is 0 Å². The van der Waals surface area contributed by atoms with E-state index >= 15 is 0 Å². The molecule has 1 amide bonds. The summed E-state index contributed by atoms with van der Waals surface area (Å²) in [5, 5.41) is 2.82. The highest BCUT2D eigenvalue weighted by atomic mass is 79.9. The Balaban J connectivity index is 2.28. The molecule has 0 spiro atoms. The number of thiol groups is 1. The molecule has 19 heavy (non-hydrogen) atoms. The molecule has 0 fully saturated rings. The van der Waals surface area contributed by atoms with Crippen molar-refractivity contribution in [1.82, 2.24) is 0 Å². The van der Waals surface area contributed by atoms with E-state index in [4.69, 9.17) is 11.6 Å². The maximum absolute atomic E-state index is 13.1. The number of hydrogen-bond acceptors (Lipinski definition) is 2. The zero-order chi connectivity index (χ0) is 14.0. The lowest BCUT2D eigenvalue weighted by Crippen LogP contribution is -2.13. The molecule has 0 saturated heterocycles. The van der Waals surface area contributed by atoms with Gasteiger partial charge in [-0.15, -0.1) is 12.6 Å². The van der Waals surface area contributed by atoms with Gasteiger partial charge in [0, 0.05) is 9.37 Å². The fourth-order valence-electron chi connectivity index (χ4n) is 1.48. The molecule has 1 N–H and O–H groups in total. The molecule has 6 heteroatoms. The summed E-state index contributed by atoms with van der Waals surface area (Å²) in [6.07, 6.45) is 0. The molecule has 98 valence electrons. The first-order valence-electron chi connectivity index (χ1n) is 5.22. The molecule has 0 aliphatic heterocycles. The van der Waals surface area contributed by atoms with Crippen molar-refractivity contribution in [1.29, 1.82) is 0 Å². The van der Waals surface area contributed by atoms with Gasteiger partial charge in [-0.2, -0.15) is 0 Å². The Morgan fingerprint density at radius 2 is 2.00 bits per heavy atom. The van der Waals surface area contributed by atoms with Crippen LogP contribution in [0.1, 0.15) is 10.4 Å². The maximum atomic E-state index is 13.1. The van der Waals surface area contributed by atoms with Crippen molar-refractivity contribution >= 4 is 51.8 Å². The highest BCUT2D eigenvalue weighted by Crippen LogP contribution is 2.25. The van der Waals surface area contributed by atoms with Crippen molar-refractivity contribution in [3.63, 3.8) is 0 Å². The largest absolute Gasteiger partial charge is 0.321 e. The van der Waals surface area contributed by atoms with Crippen molar-refractivity contribution in [3.05, 3.63) is 57.3 Å². The Bertz CT molecular complexity index is 651. The fourth-order valence-corrected chi connectivity index (χ4v) is 2.50. The smallest absolute Gasteiger partial charge is 0.256 e. The Morgan fingerprint density at radius 3 is 2.68 bits per heavy atom. The van der Waals surface area contributed by atoms with Gasteiger partial charge in [-0.05, 0) is 36.4 Å². The maximum Gasteiger partial charge on any atom is 0.256 e. The minimum atomic E-state index is -0.471. The van der Waals surface area contributed by atoms with Gasteiger partial charge in [-0.1, -0.05) is 27.5 Å². The molecular weight excluding hydrogens is 353 g/mol. The van der Waals surface area contributed by atoms with Crippen LogP contribution in [0.15, 0.2) is 45.8 Å². The summed E-state index contributed by atoms with van der Waals surface area (Å²) < 4.78 is 13.9. The first-order valence-corrected chi connectivity index (χ1v) is 6.84. The number of nitrogens with one attached hydrogen (secondary N) is 1. The van der Waals surface area contributed by atoms with Gasteiger partial charge in [0.05, 0.1) is 16.3 Å². The average molecular weight is 361 g/mol.